The van der Waals surface area contributed by atoms with Crippen molar-refractivity contribution in [1.82, 2.24) is 0 Å². The lowest BCUT2D eigenvalue weighted by atomic mass is 10.1. The van der Waals surface area contributed by atoms with Crippen molar-refractivity contribution < 1.29 is 9.53 Å². The summed E-state index contributed by atoms with van der Waals surface area (Å²) in [7, 11) is 0. The molecule has 1 rings (SSSR count). The van der Waals surface area contributed by atoms with Crippen LogP contribution in [0.4, 0.5) is 0 Å². The van der Waals surface area contributed by atoms with Gasteiger partial charge in [-0.1, -0.05) is 6.07 Å². The van der Waals surface area contributed by atoms with Crippen LogP contribution in [-0.2, 0) is 4.74 Å². The van der Waals surface area contributed by atoms with Crippen LogP contribution in [0, 0.1) is 18.3 Å². The summed E-state index contributed by atoms with van der Waals surface area (Å²) in [5.41, 5.74) is 1.80. The Balaban J connectivity index is 3.02. The molecule has 0 aliphatic heterocycles. The first kappa shape index (κ1) is 10.3. The average molecular weight is 189 g/mol. The van der Waals surface area contributed by atoms with Crippen LogP contribution in [0.1, 0.15) is 28.4 Å². The highest BCUT2D eigenvalue weighted by Gasteiger charge is 2.07. The minimum Gasteiger partial charge on any atom is -0.462 e. The maximum atomic E-state index is 11.3. The van der Waals surface area contributed by atoms with Crippen molar-refractivity contribution in [1.29, 1.82) is 5.26 Å². The lowest BCUT2D eigenvalue weighted by molar-refractivity contribution is 0.0526. The Hall–Kier alpha value is -1.82. The molecule has 3 nitrogen and oxygen atoms in total. The van der Waals surface area contributed by atoms with Gasteiger partial charge in [-0.3, -0.25) is 0 Å². The van der Waals surface area contributed by atoms with Crippen LogP contribution < -0.4 is 0 Å². The molecule has 1 aromatic carbocycles. The smallest absolute Gasteiger partial charge is 0.338 e. The van der Waals surface area contributed by atoms with Crippen LogP contribution in [0.5, 0.6) is 0 Å². The maximum Gasteiger partial charge on any atom is 0.338 e. The molecule has 0 aliphatic rings. The van der Waals surface area contributed by atoms with E-state index in [0.717, 1.165) is 5.56 Å². The number of ether oxygens (including phenoxy) is 1. The number of nitrogens with zero attached hydrogens (tertiary/aromatic N) is 1. The minimum atomic E-state index is -0.385. The predicted octanol–water partition coefficient (Wildman–Crippen LogP) is 2.04. The first-order valence-corrected chi connectivity index (χ1v) is 4.37. The van der Waals surface area contributed by atoms with Crippen molar-refractivity contribution in [2.24, 2.45) is 0 Å². The molecule has 0 unspecified atom stereocenters. The van der Waals surface area contributed by atoms with E-state index < -0.39 is 0 Å². The Morgan fingerprint density at radius 1 is 1.57 bits per heavy atom. The molecule has 0 amide bonds. The summed E-state index contributed by atoms with van der Waals surface area (Å²) in [5, 5.41) is 8.75. The molecule has 0 fully saturated rings. The second-order valence-corrected chi connectivity index (χ2v) is 2.86. The maximum absolute atomic E-state index is 11.3. The van der Waals surface area contributed by atoms with Crippen LogP contribution in [0.3, 0.4) is 0 Å². The monoisotopic (exact) mass is 189 g/mol. The van der Waals surface area contributed by atoms with Gasteiger partial charge in [-0.2, -0.15) is 5.26 Å². The largest absolute Gasteiger partial charge is 0.462 e. The van der Waals surface area contributed by atoms with E-state index in [1.165, 1.54) is 0 Å². The molecule has 0 atom stereocenters. The number of nitriles is 1. The summed E-state index contributed by atoms with van der Waals surface area (Å²) in [6.07, 6.45) is 0. The van der Waals surface area contributed by atoms with E-state index in [4.69, 9.17) is 10.00 Å². The van der Waals surface area contributed by atoms with Crippen molar-refractivity contribution in [2.45, 2.75) is 13.8 Å². The van der Waals surface area contributed by atoms with E-state index in [0.29, 0.717) is 17.7 Å². The number of hydrogen-bond acceptors (Lipinski definition) is 3. The molecule has 0 heterocycles. The van der Waals surface area contributed by atoms with Crippen LogP contribution in [0.25, 0.3) is 0 Å². The Labute approximate surface area is 82.9 Å². The topological polar surface area (TPSA) is 50.1 Å². The molecule has 0 saturated heterocycles. The molecule has 0 N–H and O–H groups in total. The summed E-state index contributed by atoms with van der Waals surface area (Å²) in [6.45, 7) is 3.92. The summed E-state index contributed by atoms with van der Waals surface area (Å²) in [4.78, 5) is 11.3. The second kappa shape index (κ2) is 4.43. The molecule has 72 valence electrons. The predicted molar refractivity (Wildman–Crippen MR) is 51.9 cm³/mol. The summed E-state index contributed by atoms with van der Waals surface area (Å²) in [6, 6.07) is 6.98. The van der Waals surface area contributed by atoms with Crippen LogP contribution >= 0.6 is 0 Å². The van der Waals surface area contributed by atoms with Gasteiger partial charge in [0, 0.05) is 0 Å². The van der Waals surface area contributed by atoms with Crippen LogP contribution in [0.2, 0.25) is 0 Å². The van der Waals surface area contributed by atoms with Gasteiger partial charge in [-0.25, -0.2) is 4.79 Å². The third-order valence-electron chi connectivity index (χ3n) is 1.87. The van der Waals surface area contributed by atoms with Crippen molar-refractivity contribution >= 4 is 5.97 Å². The van der Waals surface area contributed by atoms with Gasteiger partial charge < -0.3 is 4.74 Å². The fraction of sp³-hybridized carbons (Fsp3) is 0.273. The lowest BCUT2D eigenvalue weighted by Crippen LogP contribution is -2.05. The third kappa shape index (κ3) is 2.11. The zero-order valence-corrected chi connectivity index (χ0v) is 8.20. The van der Waals surface area contributed by atoms with Crippen molar-refractivity contribution in [3.8, 4) is 6.07 Å². The number of rotatable bonds is 2. The first-order valence-electron chi connectivity index (χ1n) is 4.37. The highest BCUT2D eigenvalue weighted by molar-refractivity contribution is 5.89. The number of hydrogen-bond donors (Lipinski definition) is 0. The summed E-state index contributed by atoms with van der Waals surface area (Å²) < 4.78 is 4.82. The summed E-state index contributed by atoms with van der Waals surface area (Å²) in [5.74, 6) is -0.385. The molecule has 0 radical (unpaired) electrons. The highest BCUT2D eigenvalue weighted by atomic mass is 16.5. The molecule has 0 aliphatic carbocycles. The fourth-order valence-electron chi connectivity index (χ4n) is 1.08. The van der Waals surface area contributed by atoms with Gasteiger partial charge in [-0.05, 0) is 31.5 Å². The number of aryl methyl sites for hydroxylation is 1. The normalized spacial score (nSPS) is 9.21. The molecular formula is C11H11NO2. The van der Waals surface area contributed by atoms with Gasteiger partial charge in [0.2, 0.25) is 0 Å². The minimum absolute atomic E-state index is 0.342. The van der Waals surface area contributed by atoms with E-state index in [1.54, 1.807) is 25.1 Å². The Bertz CT molecular complexity index is 391. The fourth-order valence-corrected chi connectivity index (χ4v) is 1.08. The second-order valence-electron chi connectivity index (χ2n) is 2.86. The molecule has 0 aromatic heterocycles. The van der Waals surface area contributed by atoms with Gasteiger partial charge in [0.25, 0.3) is 0 Å². The number of esters is 1. The zero-order chi connectivity index (χ0) is 10.6. The molecule has 1 aromatic rings. The van der Waals surface area contributed by atoms with Crippen LogP contribution in [-0.4, -0.2) is 12.6 Å². The van der Waals surface area contributed by atoms with E-state index in [2.05, 4.69) is 0 Å². The number of carbonyl (C=O) groups is 1. The Kier molecular flexibility index (Phi) is 3.24. The Morgan fingerprint density at radius 2 is 2.29 bits per heavy atom. The Morgan fingerprint density at radius 3 is 2.86 bits per heavy atom. The molecule has 14 heavy (non-hydrogen) atoms. The average Bonchev–Trinajstić information content (AvgIpc) is 2.19. The van der Waals surface area contributed by atoms with Crippen molar-refractivity contribution in [3.05, 3.63) is 34.9 Å². The van der Waals surface area contributed by atoms with Gasteiger partial charge in [0.05, 0.1) is 23.8 Å². The van der Waals surface area contributed by atoms with Crippen molar-refractivity contribution in [2.75, 3.05) is 6.61 Å². The molecule has 0 spiro atoms. The third-order valence-corrected chi connectivity index (χ3v) is 1.87. The number of benzene rings is 1. The highest BCUT2D eigenvalue weighted by Crippen LogP contribution is 2.10. The SMILES string of the molecule is CCOC(=O)c1ccc(C)c(C#N)c1. The van der Waals surface area contributed by atoms with Crippen molar-refractivity contribution in [3.63, 3.8) is 0 Å². The number of carbonyl (C=O) groups excluding carboxylic acids is 1. The van der Waals surface area contributed by atoms with E-state index >= 15 is 0 Å². The first-order chi connectivity index (χ1) is 6.69. The molecule has 3 heteroatoms. The van der Waals surface area contributed by atoms with E-state index in [9.17, 15) is 4.79 Å². The van der Waals surface area contributed by atoms with E-state index in [1.807, 2.05) is 13.0 Å². The molecule has 0 saturated carbocycles. The van der Waals surface area contributed by atoms with Gasteiger partial charge in [0.1, 0.15) is 0 Å². The lowest BCUT2D eigenvalue weighted by Gasteiger charge is -2.03. The molecular weight excluding hydrogens is 178 g/mol. The zero-order valence-electron chi connectivity index (χ0n) is 8.20. The van der Waals surface area contributed by atoms with Gasteiger partial charge in [-0.15, -0.1) is 0 Å². The quantitative estimate of drug-likeness (QED) is 0.669. The summed E-state index contributed by atoms with van der Waals surface area (Å²) >= 11 is 0. The van der Waals surface area contributed by atoms with Crippen LogP contribution in [0.15, 0.2) is 18.2 Å². The standard InChI is InChI=1S/C11H11NO2/c1-3-14-11(13)9-5-4-8(2)10(6-9)7-12/h4-6H,3H2,1-2H3. The van der Waals surface area contributed by atoms with Gasteiger partial charge in [0.15, 0.2) is 0 Å². The van der Waals surface area contributed by atoms with Gasteiger partial charge >= 0.3 is 5.97 Å². The van der Waals surface area contributed by atoms with E-state index in [-0.39, 0.29) is 5.97 Å². The molecule has 0 bridgehead atoms.